The maximum Gasteiger partial charge on any atom is 0.412 e. The number of aliphatic carboxylic acids is 1. The van der Waals surface area contributed by atoms with Gasteiger partial charge in [-0.2, -0.15) is 0 Å². The van der Waals surface area contributed by atoms with Gasteiger partial charge >= 0.3 is 18.2 Å². The number of amides is 2. The van der Waals surface area contributed by atoms with Crippen LogP contribution in [0.1, 0.15) is 70.1 Å². The largest absolute Gasteiger partial charge is 0.481 e. The zero-order chi connectivity index (χ0) is 25.8. The van der Waals surface area contributed by atoms with Gasteiger partial charge in [0.25, 0.3) is 0 Å². The number of ether oxygens (including phenoxy) is 2. The minimum absolute atomic E-state index is 0.00415. The van der Waals surface area contributed by atoms with Gasteiger partial charge in [-0.05, 0) is 85.9 Å². The number of anilines is 1. The SMILES string of the molecule is [2H]c1cc(C[C@@H](CC(C)(C)C(=O)O)NC(=O)OC(C)(C)C)cc([2H])c1NC(=O)OC(C)(C)C. The van der Waals surface area contributed by atoms with Crippen LogP contribution in [0.15, 0.2) is 24.2 Å². The van der Waals surface area contributed by atoms with Crippen molar-refractivity contribution in [2.75, 3.05) is 5.32 Å². The lowest BCUT2D eigenvalue weighted by Gasteiger charge is -2.28. The summed E-state index contributed by atoms with van der Waals surface area (Å²) in [5.74, 6) is -1.02. The first-order valence-electron chi connectivity index (χ1n) is 11.1. The number of hydrogen-bond donors (Lipinski definition) is 3. The summed E-state index contributed by atoms with van der Waals surface area (Å²) in [6.07, 6.45) is -1.19. The van der Waals surface area contributed by atoms with Gasteiger partial charge in [-0.3, -0.25) is 10.1 Å². The van der Waals surface area contributed by atoms with Crippen LogP contribution in [0.25, 0.3) is 0 Å². The Morgan fingerprint density at radius 1 is 0.968 bits per heavy atom. The van der Waals surface area contributed by atoms with Crippen LogP contribution in [-0.2, 0) is 20.7 Å². The Morgan fingerprint density at radius 2 is 1.45 bits per heavy atom. The van der Waals surface area contributed by atoms with Crippen molar-refractivity contribution in [1.29, 1.82) is 0 Å². The summed E-state index contributed by atoms with van der Waals surface area (Å²) in [4.78, 5) is 36.0. The first-order chi connectivity index (χ1) is 14.8. The molecule has 0 spiro atoms. The minimum atomic E-state index is -1.13. The van der Waals surface area contributed by atoms with Crippen molar-refractivity contribution in [2.24, 2.45) is 5.41 Å². The van der Waals surface area contributed by atoms with Gasteiger partial charge < -0.3 is 19.9 Å². The molecule has 1 aromatic carbocycles. The summed E-state index contributed by atoms with van der Waals surface area (Å²) >= 11 is 0. The number of carbonyl (C=O) groups excluding carboxylic acids is 2. The summed E-state index contributed by atoms with van der Waals surface area (Å²) in [6.45, 7) is 13.4. The highest BCUT2D eigenvalue weighted by molar-refractivity contribution is 5.84. The van der Waals surface area contributed by atoms with Gasteiger partial charge in [-0.25, -0.2) is 9.59 Å². The second-order valence-corrected chi connectivity index (χ2v) is 10.1. The molecular formula is C23H36N2O6. The smallest absolute Gasteiger partial charge is 0.412 e. The summed E-state index contributed by atoms with van der Waals surface area (Å²) in [5.41, 5.74) is -2.07. The summed E-state index contributed by atoms with van der Waals surface area (Å²) < 4.78 is 26.9. The fourth-order valence-corrected chi connectivity index (χ4v) is 2.65. The maximum absolute atomic E-state index is 12.3. The molecule has 0 heterocycles. The molecule has 8 heteroatoms. The third kappa shape index (κ3) is 10.7. The fraction of sp³-hybridized carbons (Fsp3) is 0.609. The van der Waals surface area contributed by atoms with Crippen LogP contribution >= 0.6 is 0 Å². The minimum Gasteiger partial charge on any atom is -0.481 e. The molecule has 31 heavy (non-hydrogen) atoms. The lowest BCUT2D eigenvalue weighted by molar-refractivity contribution is -0.147. The fourth-order valence-electron chi connectivity index (χ4n) is 2.65. The average Bonchev–Trinajstić information content (AvgIpc) is 2.54. The molecule has 174 valence electrons. The van der Waals surface area contributed by atoms with E-state index in [-0.39, 0.29) is 30.6 Å². The van der Waals surface area contributed by atoms with E-state index in [0.29, 0.717) is 5.56 Å². The van der Waals surface area contributed by atoms with E-state index in [2.05, 4.69) is 10.6 Å². The molecule has 0 aliphatic heterocycles. The van der Waals surface area contributed by atoms with E-state index >= 15 is 0 Å². The predicted octanol–water partition coefficient (Wildman–Crippen LogP) is 4.97. The average molecular weight is 439 g/mol. The molecule has 0 aliphatic carbocycles. The zero-order valence-electron chi connectivity index (χ0n) is 21.6. The number of carboxylic acid groups (broad SMARTS) is 1. The molecule has 0 radical (unpaired) electrons. The molecule has 8 nitrogen and oxygen atoms in total. The van der Waals surface area contributed by atoms with Crippen LogP contribution in [0.4, 0.5) is 15.3 Å². The first kappa shape index (κ1) is 22.9. The van der Waals surface area contributed by atoms with Crippen molar-refractivity contribution in [1.82, 2.24) is 5.32 Å². The molecule has 1 aromatic rings. The highest BCUT2D eigenvalue weighted by atomic mass is 16.6. The van der Waals surface area contributed by atoms with E-state index in [9.17, 15) is 19.5 Å². The van der Waals surface area contributed by atoms with Crippen molar-refractivity contribution in [3.05, 3.63) is 29.8 Å². The van der Waals surface area contributed by atoms with Crippen molar-refractivity contribution >= 4 is 23.8 Å². The van der Waals surface area contributed by atoms with Crippen molar-refractivity contribution in [3.8, 4) is 0 Å². The molecule has 0 unspecified atom stereocenters. The van der Waals surface area contributed by atoms with Crippen molar-refractivity contribution in [3.63, 3.8) is 0 Å². The molecule has 2 amide bonds. The lowest BCUT2D eigenvalue weighted by atomic mass is 9.84. The Kier molecular flexibility index (Phi) is 7.41. The van der Waals surface area contributed by atoms with Crippen LogP contribution in [0.5, 0.6) is 0 Å². The highest BCUT2D eigenvalue weighted by Gasteiger charge is 2.32. The summed E-state index contributed by atoms with van der Waals surface area (Å²) in [5, 5.41) is 14.6. The van der Waals surface area contributed by atoms with Gasteiger partial charge in [-0.1, -0.05) is 12.1 Å². The second-order valence-electron chi connectivity index (χ2n) is 10.1. The molecular weight excluding hydrogens is 400 g/mol. The van der Waals surface area contributed by atoms with Crippen LogP contribution in [0.2, 0.25) is 0 Å². The monoisotopic (exact) mass is 438 g/mol. The van der Waals surface area contributed by atoms with Gasteiger partial charge in [0.15, 0.2) is 0 Å². The zero-order valence-corrected chi connectivity index (χ0v) is 19.6. The van der Waals surface area contributed by atoms with E-state index < -0.39 is 40.8 Å². The Labute approximate surface area is 187 Å². The number of carbonyl (C=O) groups is 3. The molecule has 1 rings (SSSR count). The molecule has 0 bridgehead atoms. The van der Waals surface area contributed by atoms with Gasteiger partial charge in [0, 0.05) is 11.7 Å². The third-order valence-electron chi connectivity index (χ3n) is 3.97. The Balaban J connectivity index is 3.12. The van der Waals surface area contributed by atoms with Crippen LogP contribution in [0, 0.1) is 5.41 Å². The van der Waals surface area contributed by atoms with Gasteiger partial charge in [-0.15, -0.1) is 0 Å². The van der Waals surface area contributed by atoms with Gasteiger partial charge in [0.2, 0.25) is 0 Å². The molecule has 0 saturated heterocycles. The Hall–Kier alpha value is -2.77. The number of alkyl carbamates (subject to hydrolysis) is 1. The number of hydrogen-bond acceptors (Lipinski definition) is 5. The van der Waals surface area contributed by atoms with E-state index in [1.165, 1.54) is 12.1 Å². The normalized spacial score (nSPS) is 14.1. The molecule has 1 atom stereocenters. The number of nitrogens with one attached hydrogen (secondary N) is 2. The molecule has 0 aliphatic rings. The standard InChI is InChI=1S/C23H36N2O6/c1-21(2,3)30-19(28)24-16-11-9-15(10-12-16)13-17(14-23(7,8)18(26)27)25-20(29)31-22(4,5)6/h9-12,17H,13-14H2,1-8H3,(H,24,28)(H,25,29)(H,26,27)/t17-/m0/s1/i11D,12D. The molecule has 3 N–H and O–H groups in total. The van der Waals surface area contributed by atoms with Crippen LogP contribution in [-0.4, -0.2) is 40.5 Å². The summed E-state index contributed by atoms with van der Waals surface area (Å²) in [6, 6.07) is 2.09. The molecule has 0 aromatic heterocycles. The van der Waals surface area contributed by atoms with Crippen LogP contribution < -0.4 is 10.6 Å². The van der Waals surface area contributed by atoms with Gasteiger partial charge in [0.05, 0.1) is 8.16 Å². The van der Waals surface area contributed by atoms with E-state index in [1.54, 1.807) is 55.4 Å². The van der Waals surface area contributed by atoms with E-state index in [4.69, 9.17) is 12.2 Å². The molecule has 0 saturated carbocycles. The van der Waals surface area contributed by atoms with E-state index in [0.717, 1.165) is 0 Å². The number of rotatable bonds is 7. The lowest BCUT2D eigenvalue weighted by Crippen LogP contribution is -2.43. The number of carboxylic acids is 1. The summed E-state index contributed by atoms with van der Waals surface area (Å²) in [7, 11) is 0. The third-order valence-corrected chi connectivity index (χ3v) is 3.97. The Bertz CT molecular complexity index is 865. The topological polar surface area (TPSA) is 114 Å². The maximum atomic E-state index is 12.3. The second kappa shape index (κ2) is 10.0. The quantitative estimate of drug-likeness (QED) is 0.554. The predicted molar refractivity (Wildman–Crippen MR) is 119 cm³/mol. The van der Waals surface area contributed by atoms with E-state index in [1.807, 2.05) is 0 Å². The van der Waals surface area contributed by atoms with Crippen molar-refractivity contribution in [2.45, 2.75) is 85.5 Å². The highest BCUT2D eigenvalue weighted by Crippen LogP contribution is 2.25. The van der Waals surface area contributed by atoms with Crippen LogP contribution in [0.3, 0.4) is 0 Å². The van der Waals surface area contributed by atoms with Gasteiger partial charge in [0.1, 0.15) is 11.2 Å². The molecule has 0 fully saturated rings. The Morgan fingerprint density at radius 3 is 1.90 bits per heavy atom. The number of benzene rings is 1. The van der Waals surface area contributed by atoms with Crippen molar-refractivity contribution < 1.29 is 31.7 Å². The first-order valence-corrected chi connectivity index (χ1v) is 10.1.